The Bertz CT molecular complexity index is 849. The molecule has 2 rings (SSSR count). The quantitative estimate of drug-likeness (QED) is 0.439. The molecule has 0 aliphatic carbocycles. The average molecular weight is 382 g/mol. The molecule has 1 aliphatic heterocycles. The first-order chi connectivity index (χ1) is 10.5. The molecule has 1 aliphatic rings. The van der Waals surface area contributed by atoms with Crippen LogP contribution in [0.15, 0.2) is 21.9 Å². The zero-order chi connectivity index (χ0) is 17.4. The Hall–Kier alpha value is -1.21. The van der Waals surface area contributed by atoms with Crippen LogP contribution in [0.3, 0.4) is 0 Å². The normalized spacial score (nSPS) is 18.4. The van der Waals surface area contributed by atoms with Crippen molar-refractivity contribution in [2.75, 3.05) is 18.6 Å². The number of rotatable bonds is 5. The van der Waals surface area contributed by atoms with Gasteiger partial charge in [-0.3, -0.25) is 14.3 Å². The van der Waals surface area contributed by atoms with Crippen LogP contribution in [0.2, 0.25) is 0 Å². The Morgan fingerprint density at radius 2 is 2.04 bits per heavy atom. The number of nitro groups is 1. The average Bonchev–Trinajstić information content (AvgIpc) is 2.41. The molecular weight excluding hydrogens is 368 g/mol. The summed E-state index contributed by atoms with van der Waals surface area (Å²) >= 11 is 1.21. The van der Waals surface area contributed by atoms with Gasteiger partial charge < -0.3 is 0 Å². The number of nitrogens with two attached hydrogens (primary N) is 1. The second-order valence-electron chi connectivity index (χ2n) is 5.09. The Morgan fingerprint density at radius 3 is 2.57 bits per heavy atom. The first-order valence-electron chi connectivity index (χ1n) is 6.28. The zero-order valence-corrected chi connectivity index (χ0v) is 14.4. The smallest absolute Gasteiger partial charge is 0.270 e. The van der Waals surface area contributed by atoms with Crippen LogP contribution in [0.1, 0.15) is 5.56 Å². The standard InChI is InChI=1S/C11H14N2O7S3/c1-22(16,17)20-5-7-2-9-10(13(14)15)3-8(23(12,18)19)4-11(9)21-6-7/h3-4,7H,2,5-6H2,1H3,(H2,12,18,19)/t7-/m1/s1. The monoisotopic (exact) mass is 382 g/mol. The van der Waals surface area contributed by atoms with Crippen molar-refractivity contribution >= 4 is 37.6 Å². The van der Waals surface area contributed by atoms with Crippen molar-refractivity contribution in [2.45, 2.75) is 16.2 Å². The zero-order valence-electron chi connectivity index (χ0n) is 12.0. The largest absolute Gasteiger partial charge is 0.275 e. The van der Waals surface area contributed by atoms with Crippen LogP contribution in [-0.2, 0) is 30.7 Å². The van der Waals surface area contributed by atoms with Gasteiger partial charge in [-0.2, -0.15) is 8.42 Å². The van der Waals surface area contributed by atoms with E-state index in [9.17, 15) is 26.9 Å². The Morgan fingerprint density at radius 1 is 1.39 bits per heavy atom. The van der Waals surface area contributed by atoms with Crippen molar-refractivity contribution in [1.82, 2.24) is 0 Å². The lowest BCUT2D eigenvalue weighted by molar-refractivity contribution is -0.386. The van der Waals surface area contributed by atoms with Gasteiger partial charge in [0.15, 0.2) is 0 Å². The summed E-state index contributed by atoms with van der Waals surface area (Å²) in [6, 6.07) is 2.23. The van der Waals surface area contributed by atoms with Crippen LogP contribution >= 0.6 is 11.8 Å². The summed E-state index contributed by atoms with van der Waals surface area (Å²) in [5, 5.41) is 16.2. The SMILES string of the molecule is CS(=O)(=O)OC[C@@H]1CSc2cc(S(N)(=O)=O)cc([N+](=O)[O-])c2C1. The van der Waals surface area contributed by atoms with Gasteiger partial charge in [-0.25, -0.2) is 13.6 Å². The topological polar surface area (TPSA) is 147 Å². The molecule has 0 radical (unpaired) electrons. The van der Waals surface area contributed by atoms with E-state index in [0.29, 0.717) is 16.2 Å². The summed E-state index contributed by atoms with van der Waals surface area (Å²) in [5.41, 5.74) is 0.0174. The fourth-order valence-corrected chi connectivity index (χ4v) is 4.42. The van der Waals surface area contributed by atoms with E-state index in [-0.39, 0.29) is 29.5 Å². The molecule has 0 aromatic heterocycles. The van der Waals surface area contributed by atoms with Gasteiger partial charge in [0.05, 0.1) is 22.7 Å². The molecule has 0 amide bonds. The summed E-state index contributed by atoms with van der Waals surface area (Å²) in [5.74, 6) is 0.217. The minimum absolute atomic E-state index is 0.0840. The van der Waals surface area contributed by atoms with Gasteiger partial charge in [0, 0.05) is 22.3 Å². The van der Waals surface area contributed by atoms with Crippen molar-refractivity contribution < 1.29 is 25.9 Å². The molecule has 0 fully saturated rings. The lowest BCUT2D eigenvalue weighted by Gasteiger charge is -2.23. The van der Waals surface area contributed by atoms with E-state index in [1.807, 2.05) is 0 Å². The van der Waals surface area contributed by atoms with Crippen molar-refractivity contribution in [1.29, 1.82) is 0 Å². The molecule has 1 aromatic carbocycles. The number of primary sulfonamides is 1. The third-order valence-electron chi connectivity index (χ3n) is 3.17. The number of nitrogens with zero attached hydrogens (tertiary/aromatic N) is 1. The van der Waals surface area contributed by atoms with Gasteiger partial charge >= 0.3 is 0 Å². The van der Waals surface area contributed by atoms with Gasteiger partial charge in [0.1, 0.15) is 0 Å². The van der Waals surface area contributed by atoms with Crippen LogP contribution in [0.5, 0.6) is 0 Å². The van der Waals surface area contributed by atoms with E-state index in [0.717, 1.165) is 12.3 Å². The summed E-state index contributed by atoms with van der Waals surface area (Å²) in [6.45, 7) is -0.0840. The van der Waals surface area contributed by atoms with Gasteiger partial charge in [0.25, 0.3) is 15.8 Å². The number of nitro benzene ring substituents is 1. The maximum atomic E-state index is 11.4. The third kappa shape index (κ3) is 4.64. The maximum absolute atomic E-state index is 11.4. The highest BCUT2D eigenvalue weighted by atomic mass is 32.2. The second-order valence-corrected chi connectivity index (χ2v) is 9.36. The van der Waals surface area contributed by atoms with Crippen molar-refractivity contribution in [3.63, 3.8) is 0 Å². The first-order valence-corrected chi connectivity index (χ1v) is 10.6. The Balaban J connectivity index is 2.37. The highest BCUT2D eigenvalue weighted by Crippen LogP contribution is 2.39. The molecule has 0 bridgehead atoms. The molecule has 0 spiro atoms. The van der Waals surface area contributed by atoms with Crippen LogP contribution in [0.4, 0.5) is 5.69 Å². The Labute approximate surface area is 137 Å². The number of hydrogen-bond donors (Lipinski definition) is 1. The minimum atomic E-state index is -4.06. The summed E-state index contributed by atoms with van der Waals surface area (Å²) in [4.78, 5) is 10.7. The second kappa shape index (κ2) is 6.36. The van der Waals surface area contributed by atoms with E-state index >= 15 is 0 Å². The molecule has 1 heterocycles. The van der Waals surface area contributed by atoms with Crippen LogP contribution in [0, 0.1) is 16.0 Å². The first kappa shape index (κ1) is 18.1. The van der Waals surface area contributed by atoms with Gasteiger partial charge in [0.2, 0.25) is 10.0 Å². The summed E-state index contributed by atoms with van der Waals surface area (Å²) < 4.78 is 49.7. The lowest BCUT2D eigenvalue weighted by atomic mass is 9.99. The number of hydrogen-bond acceptors (Lipinski definition) is 8. The van der Waals surface area contributed by atoms with E-state index in [1.54, 1.807) is 0 Å². The molecule has 12 heteroatoms. The molecule has 23 heavy (non-hydrogen) atoms. The van der Waals surface area contributed by atoms with E-state index < -0.39 is 25.1 Å². The van der Waals surface area contributed by atoms with Crippen molar-refractivity contribution in [3.8, 4) is 0 Å². The van der Waals surface area contributed by atoms with E-state index in [2.05, 4.69) is 0 Å². The number of sulfonamides is 1. The number of thioether (sulfide) groups is 1. The molecule has 128 valence electrons. The van der Waals surface area contributed by atoms with Crippen LogP contribution in [-0.4, -0.2) is 40.4 Å². The van der Waals surface area contributed by atoms with E-state index in [1.165, 1.54) is 17.8 Å². The third-order valence-corrected chi connectivity index (χ3v) is 5.94. The Kier molecular flexibility index (Phi) is 5.01. The van der Waals surface area contributed by atoms with Gasteiger partial charge in [-0.05, 0) is 18.4 Å². The van der Waals surface area contributed by atoms with Gasteiger partial charge in [-0.15, -0.1) is 11.8 Å². The predicted octanol–water partition coefficient (Wildman–Crippen LogP) is 0.483. The molecule has 9 nitrogen and oxygen atoms in total. The predicted molar refractivity (Wildman–Crippen MR) is 83.2 cm³/mol. The molecule has 0 saturated carbocycles. The molecule has 0 unspecified atom stereocenters. The molecule has 1 atom stereocenters. The minimum Gasteiger partial charge on any atom is -0.270 e. The summed E-state index contributed by atoms with van der Waals surface area (Å²) in [6.07, 6.45) is 1.15. The molecular formula is C11H14N2O7S3. The van der Waals surface area contributed by atoms with Crippen molar-refractivity contribution in [2.24, 2.45) is 11.1 Å². The lowest BCUT2D eigenvalue weighted by Crippen LogP contribution is -2.22. The van der Waals surface area contributed by atoms with Crippen LogP contribution < -0.4 is 5.14 Å². The number of fused-ring (bicyclic) bond motifs is 1. The maximum Gasteiger partial charge on any atom is 0.275 e. The summed E-state index contributed by atoms with van der Waals surface area (Å²) in [7, 11) is -7.65. The highest BCUT2D eigenvalue weighted by Gasteiger charge is 2.30. The highest BCUT2D eigenvalue weighted by molar-refractivity contribution is 7.99. The van der Waals surface area contributed by atoms with Gasteiger partial charge in [-0.1, -0.05) is 0 Å². The van der Waals surface area contributed by atoms with Crippen molar-refractivity contribution in [3.05, 3.63) is 27.8 Å². The fraction of sp³-hybridized carbons (Fsp3) is 0.455. The van der Waals surface area contributed by atoms with E-state index in [4.69, 9.17) is 9.32 Å². The molecule has 0 saturated heterocycles. The number of benzene rings is 1. The fourth-order valence-electron chi connectivity index (χ4n) is 2.15. The van der Waals surface area contributed by atoms with Crippen LogP contribution in [0.25, 0.3) is 0 Å². The molecule has 2 N–H and O–H groups in total. The molecule has 1 aromatic rings.